The second-order valence-electron chi connectivity index (χ2n) is 4.98. The summed E-state index contributed by atoms with van der Waals surface area (Å²) in [5.74, 6) is 0.790. The molecule has 5 nitrogen and oxygen atoms in total. The molecule has 0 saturated carbocycles. The average Bonchev–Trinajstić information content (AvgIpc) is 2.96. The van der Waals surface area contributed by atoms with Crippen LogP contribution in [0.25, 0.3) is 6.08 Å². The van der Waals surface area contributed by atoms with E-state index in [0.717, 1.165) is 16.9 Å². The Bertz CT molecular complexity index is 743. The minimum absolute atomic E-state index is 0.259. The van der Waals surface area contributed by atoms with Gasteiger partial charge in [0.15, 0.2) is 16.6 Å². The van der Waals surface area contributed by atoms with Crippen LogP contribution >= 0.6 is 22.9 Å². The monoisotopic (exact) mass is 366 g/mol. The number of halogens is 1. The van der Waals surface area contributed by atoms with Crippen molar-refractivity contribution in [3.05, 3.63) is 39.9 Å². The first-order valence-electron chi connectivity index (χ1n) is 7.45. The highest BCUT2D eigenvalue weighted by Crippen LogP contribution is 2.36. The molecule has 1 N–H and O–H groups in total. The maximum atomic E-state index is 11.9. The minimum atomic E-state index is -0.259. The van der Waals surface area contributed by atoms with Gasteiger partial charge in [-0.3, -0.25) is 10.1 Å². The van der Waals surface area contributed by atoms with Gasteiger partial charge in [-0.05, 0) is 37.1 Å². The first-order chi connectivity index (χ1) is 11.5. The number of nitrogens with zero attached hydrogens (tertiary/aromatic N) is 1. The molecule has 2 rings (SSSR count). The third kappa shape index (κ3) is 4.97. The molecule has 0 saturated heterocycles. The lowest BCUT2D eigenvalue weighted by molar-refractivity contribution is -0.111. The first kappa shape index (κ1) is 18.3. The summed E-state index contributed by atoms with van der Waals surface area (Å²) in [5.41, 5.74) is 0.742. The van der Waals surface area contributed by atoms with Gasteiger partial charge < -0.3 is 9.47 Å². The number of hydrogen-bond donors (Lipinski definition) is 1. The highest BCUT2D eigenvalue weighted by atomic mass is 35.5. The summed E-state index contributed by atoms with van der Waals surface area (Å²) >= 11 is 7.67. The smallest absolute Gasteiger partial charge is 0.250 e. The van der Waals surface area contributed by atoms with Gasteiger partial charge in [0, 0.05) is 17.2 Å². The molecule has 1 heterocycles. The molecule has 2 aromatic rings. The summed E-state index contributed by atoms with van der Waals surface area (Å²) in [6.45, 7) is 4.50. The van der Waals surface area contributed by atoms with Crippen LogP contribution in [0.3, 0.4) is 0 Å². The van der Waals surface area contributed by atoms with Gasteiger partial charge in [0.25, 0.3) is 0 Å². The Morgan fingerprint density at radius 3 is 2.88 bits per heavy atom. The molecule has 0 aliphatic rings. The summed E-state index contributed by atoms with van der Waals surface area (Å²) < 4.78 is 10.9. The number of nitrogens with one attached hydrogen (secondary N) is 1. The van der Waals surface area contributed by atoms with Crippen molar-refractivity contribution in [3.63, 3.8) is 0 Å². The van der Waals surface area contributed by atoms with Crippen molar-refractivity contribution in [2.24, 2.45) is 0 Å². The summed E-state index contributed by atoms with van der Waals surface area (Å²) in [6, 6.07) is 3.50. The van der Waals surface area contributed by atoms with E-state index in [1.807, 2.05) is 13.8 Å². The molecule has 1 aromatic heterocycles. The highest BCUT2D eigenvalue weighted by molar-refractivity contribution is 7.15. The molecule has 0 radical (unpaired) electrons. The summed E-state index contributed by atoms with van der Waals surface area (Å²) in [7, 11) is 1.55. The number of methoxy groups -OCH3 is 1. The molecule has 0 aliphatic heterocycles. The van der Waals surface area contributed by atoms with Crippen LogP contribution in [0.1, 0.15) is 23.8 Å². The van der Waals surface area contributed by atoms with E-state index in [1.165, 1.54) is 17.4 Å². The van der Waals surface area contributed by atoms with Gasteiger partial charge in [-0.1, -0.05) is 18.5 Å². The Morgan fingerprint density at radius 1 is 1.46 bits per heavy atom. The SMILES string of the molecule is CCCOc1c(Cl)cc(/C=C/C(=O)Nc2ncc(C)s2)cc1OC. The van der Waals surface area contributed by atoms with E-state index in [9.17, 15) is 4.79 Å². The lowest BCUT2D eigenvalue weighted by Crippen LogP contribution is -2.07. The highest BCUT2D eigenvalue weighted by Gasteiger charge is 2.11. The quantitative estimate of drug-likeness (QED) is 0.730. The number of anilines is 1. The van der Waals surface area contributed by atoms with Crippen LogP contribution in [0.15, 0.2) is 24.4 Å². The zero-order valence-electron chi connectivity index (χ0n) is 13.8. The topological polar surface area (TPSA) is 60.5 Å². The van der Waals surface area contributed by atoms with Crippen molar-refractivity contribution in [1.82, 2.24) is 4.98 Å². The summed E-state index contributed by atoms with van der Waals surface area (Å²) in [5, 5.41) is 3.72. The Morgan fingerprint density at radius 2 is 2.25 bits per heavy atom. The number of amides is 1. The fourth-order valence-corrected chi connectivity index (χ4v) is 2.85. The lowest BCUT2D eigenvalue weighted by Gasteiger charge is -2.12. The largest absolute Gasteiger partial charge is 0.493 e. The molecular formula is C17H19ClN2O3S. The maximum absolute atomic E-state index is 11.9. The van der Waals surface area contributed by atoms with Gasteiger partial charge in [-0.2, -0.15) is 0 Å². The molecule has 0 spiro atoms. The number of rotatable bonds is 7. The number of carbonyl (C=O) groups is 1. The molecular weight excluding hydrogens is 348 g/mol. The van der Waals surface area contributed by atoms with Gasteiger partial charge in [0.05, 0.1) is 18.7 Å². The standard InChI is InChI=1S/C17H19ClN2O3S/c1-4-7-23-16-13(18)8-12(9-14(16)22-3)5-6-15(21)20-17-19-10-11(2)24-17/h5-6,8-10H,4,7H2,1-3H3,(H,19,20,21)/b6-5+. The predicted octanol–water partition coefficient (Wildman–Crippen LogP) is 4.55. The minimum Gasteiger partial charge on any atom is -0.493 e. The molecule has 24 heavy (non-hydrogen) atoms. The fourth-order valence-electron chi connectivity index (χ4n) is 1.91. The van der Waals surface area contributed by atoms with Crippen LogP contribution in [-0.2, 0) is 4.79 Å². The molecule has 1 amide bonds. The number of aryl methyl sites for hydroxylation is 1. The molecule has 7 heteroatoms. The van der Waals surface area contributed by atoms with E-state index in [2.05, 4.69) is 10.3 Å². The number of ether oxygens (including phenoxy) is 2. The molecule has 0 fully saturated rings. The summed E-state index contributed by atoms with van der Waals surface area (Å²) in [6.07, 6.45) is 5.67. The number of carbonyl (C=O) groups excluding carboxylic acids is 1. The Balaban J connectivity index is 2.10. The van der Waals surface area contributed by atoms with Crippen LogP contribution in [0.2, 0.25) is 5.02 Å². The lowest BCUT2D eigenvalue weighted by atomic mass is 10.2. The molecule has 0 unspecified atom stereocenters. The van der Waals surface area contributed by atoms with E-state index < -0.39 is 0 Å². The average molecular weight is 367 g/mol. The van der Waals surface area contributed by atoms with E-state index in [0.29, 0.717) is 28.3 Å². The number of thiazole rings is 1. The number of hydrogen-bond acceptors (Lipinski definition) is 5. The normalized spacial score (nSPS) is 10.8. The fraction of sp³-hybridized carbons (Fsp3) is 0.294. The molecule has 128 valence electrons. The second-order valence-corrected chi connectivity index (χ2v) is 6.62. The van der Waals surface area contributed by atoms with Gasteiger partial charge in [-0.25, -0.2) is 4.98 Å². The van der Waals surface area contributed by atoms with E-state index >= 15 is 0 Å². The Kier molecular flexibility index (Phi) is 6.63. The Labute approximate surface area is 150 Å². The van der Waals surface area contributed by atoms with Crippen molar-refractivity contribution >= 4 is 40.1 Å². The van der Waals surface area contributed by atoms with E-state index in [-0.39, 0.29) is 5.91 Å². The van der Waals surface area contributed by atoms with Gasteiger partial charge in [-0.15, -0.1) is 11.3 Å². The summed E-state index contributed by atoms with van der Waals surface area (Å²) in [4.78, 5) is 17.0. The zero-order valence-corrected chi connectivity index (χ0v) is 15.3. The zero-order chi connectivity index (χ0) is 17.5. The van der Waals surface area contributed by atoms with E-state index in [4.69, 9.17) is 21.1 Å². The molecule has 0 aliphatic carbocycles. The Hall–Kier alpha value is -2.05. The van der Waals surface area contributed by atoms with Crippen molar-refractivity contribution < 1.29 is 14.3 Å². The van der Waals surface area contributed by atoms with Crippen LogP contribution in [0, 0.1) is 6.92 Å². The van der Waals surface area contributed by atoms with Crippen LogP contribution in [0.5, 0.6) is 11.5 Å². The first-order valence-corrected chi connectivity index (χ1v) is 8.64. The van der Waals surface area contributed by atoms with Crippen molar-refractivity contribution in [3.8, 4) is 11.5 Å². The van der Waals surface area contributed by atoms with Gasteiger partial charge in [0.1, 0.15) is 0 Å². The van der Waals surface area contributed by atoms with Gasteiger partial charge in [0.2, 0.25) is 5.91 Å². The molecule has 0 atom stereocenters. The van der Waals surface area contributed by atoms with Crippen LogP contribution in [0.4, 0.5) is 5.13 Å². The number of aromatic nitrogens is 1. The second kappa shape index (κ2) is 8.70. The number of benzene rings is 1. The van der Waals surface area contributed by atoms with Crippen molar-refractivity contribution in [2.45, 2.75) is 20.3 Å². The van der Waals surface area contributed by atoms with Crippen molar-refractivity contribution in [2.75, 3.05) is 19.0 Å². The van der Waals surface area contributed by atoms with Crippen LogP contribution < -0.4 is 14.8 Å². The third-order valence-corrected chi connectivity index (χ3v) is 4.09. The van der Waals surface area contributed by atoms with E-state index in [1.54, 1.807) is 31.5 Å². The predicted molar refractivity (Wildman–Crippen MR) is 98.3 cm³/mol. The van der Waals surface area contributed by atoms with Crippen molar-refractivity contribution in [1.29, 1.82) is 0 Å². The molecule has 0 bridgehead atoms. The maximum Gasteiger partial charge on any atom is 0.250 e. The third-order valence-electron chi connectivity index (χ3n) is 2.98. The molecule has 1 aromatic carbocycles. The van der Waals surface area contributed by atoms with Gasteiger partial charge >= 0.3 is 0 Å². The van der Waals surface area contributed by atoms with Crippen LogP contribution in [-0.4, -0.2) is 24.6 Å².